The maximum atomic E-state index is 13.1. The van der Waals surface area contributed by atoms with Gasteiger partial charge in [0.2, 0.25) is 5.91 Å². The van der Waals surface area contributed by atoms with E-state index in [4.69, 9.17) is 16.4 Å². The molecular weight excluding hydrogens is 313 g/mol. The van der Waals surface area contributed by atoms with Crippen molar-refractivity contribution < 1.29 is 17.6 Å². The monoisotopic (exact) mass is 315 g/mol. The molecule has 0 aliphatic carbocycles. The maximum absolute atomic E-state index is 13.1. The number of primary amides is 1. The molecule has 1 amide bonds. The zero-order chi connectivity index (χ0) is 11.8. The number of amides is 1. The lowest BCUT2D eigenvalue weighted by Gasteiger charge is -2.03. The lowest BCUT2D eigenvalue weighted by Crippen LogP contribution is -2.13. The number of hydrogen-bond donors (Lipinski definition) is 1. The van der Waals surface area contributed by atoms with Crippen LogP contribution in [-0.4, -0.2) is 14.3 Å². The van der Waals surface area contributed by atoms with Crippen LogP contribution < -0.4 is 5.73 Å². The molecule has 82 valence electrons. The van der Waals surface area contributed by atoms with E-state index < -0.39 is 25.7 Å². The molecule has 0 atom stereocenters. The van der Waals surface area contributed by atoms with Gasteiger partial charge >= 0.3 is 0 Å². The summed E-state index contributed by atoms with van der Waals surface area (Å²) in [5.41, 5.74) is 4.79. The third kappa shape index (κ3) is 2.67. The van der Waals surface area contributed by atoms with Gasteiger partial charge in [0.15, 0.2) is 0 Å². The van der Waals surface area contributed by atoms with E-state index in [2.05, 4.69) is 15.9 Å². The largest absolute Gasteiger partial charge is 0.366 e. The predicted octanol–water partition coefficient (Wildman–Crippen LogP) is 1.61. The van der Waals surface area contributed by atoms with Gasteiger partial charge < -0.3 is 5.73 Å². The molecule has 15 heavy (non-hydrogen) atoms. The van der Waals surface area contributed by atoms with Gasteiger partial charge in [0, 0.05) is 15.2 Å². The Morgan fingerprint density at radius 1 is 1.47 bits per heavy atom. The Labute approximate surface area is 97.8 Å². The summed E-state index contributed by atoms with van der Waals surface area (Å²) in [6, 6.07) is 1.60. The summed E-state index contributed by atoms with van der Waals surface area (Å²) in [7, 11) is 0.720. The van der Waals surface area contributed by atoms with Crippen molar-refractivity contribution in [3.05, 3.63) is 28.0 Å². The van der Waals surface area contributed by atoms with E-state index in [9.17, 15) is 17.6 Å². The molecule has 0 heterocycles. The van der Waals surface area contributed by atoms with Gasteiger partial charge in [0.1, 0.15) is 10.7 Å². The fraction of sp³-hybridized carbons (Fsp3) is 0. The highest BCUT2D eigenvalue weighted by Gasteiger charge is 2.20. The summed E-state index contributed by atoms with van der Waals surface area (Å²) in [5.74, 6) is -1.94. The first-order valence-electron chi connectivity index (χ1n) is 3.47. The average Bonchev–Trinajstić information content (AvgIpc) is 2.00. The highest BCUT2D eigenvalue weighted by molar-refractivity contribution is 9.10. The molecule has 0 aromatic heterocycles. The van der Waals surface area contributed by atoms with Gasteiger partial charge in [0.25, 0.3) is 9.05 Å². The molecule has 0 spiro atoms. The molecule has 0 saturated carbocycles. The van der Waals surface area contributed by atoms with E-state index in [-0.39, 0.29) is 10.0 Å². The van der Waals surface area contributed by atoms with E-state index in [0.29, 0.717) is 0 Å². The molecule has 8 heteroatoms. The second-order valence-corrected chi connectivity index (χ2v) is 5.95. The summed E-state index contributed by atoms with van der Waals surface area (Å²) in [4.78, 5) is 10.1. The van der Waals surface area contributed by atoms with E-state index in [0.717, 1.165) is 12.1 Å². The van der Waals surface area contributed by atoms with Gasteiger partial charge in [-0.3, -0.25) is 4.79 Å². The molecule has 1 aromatic rings. The van der Waals surface area contributed by atoms with Gasteiger partial charge in [-0.1, -0.05) is 0 Å². The SMILES string of the molecule is NC(=O)c1cc(S(=O)(=O)Cl)c(F)cc1Br. The van der Waals surface area contributed by atoms with Crippen molar-refractivity contribution in [3.8, 4) is 0 Å². The Morgan fingerprint density at radius 3 is 2.40 bits per heavy atom. The lowest BCUT2D eigenvalue weighted by molar-refractivity contribution is 0.0999. The fourth-order valence-corrected chi connectivity index (χ4v) is 2.32. The molecule has 0 aliphatic rings. The van der Waals surface area contributed by atoms with Crippen molar-refractivity contribution >= 4 is 41.6 Å². The summed E-state index contributed by atoms with van der Waals surface area (Å²) >= 11 is 2.87. The predicted molar refractivity (Wildman–Crippen MR) is 55.7 cm³/mol. The van der Waals surface area contributed by atoms with Crippen LogP contribution in [0.5, 0.6) is 0 Å². The number of rotatable bonds is 2. The molecule has 0 radical (unpaired) electrons. The second kappa shape index (κ2) is 4.07. The van der Waals surface area contributed by atoms with Crippen LogP contribution in [0.1, 0.15) is 10.4 Å². The average molecular weight is 317 g/mol. The Balaban J connectivity index is 3.58. The third-order valence-electron chi connectivity index (χ3n) is 1.55. The van der Waals surface area contributed by atoms with Crippen LogP contribution in [0.4, 0.5) is 4.39 Å². The van der Waals surface area contributed by atoms with Crippen LogP contribution in [0.15, 0.2) is 21.5 Å². The molecule has 4 nitrogen and oxygen atoms in total. The number of nitrogens with two attached hydrogens (primary N) is 1. The minimum absolute atomic E-state index is 0.0663. The van der Waals surface area contributed by atoms with Gasteiger partial charge in [-0.15, -0.1) is 0 Å². The summed E-state index contributed by atoms with van der Waals surface area (Å²) in [6.45, 7) is 0. The smallest absolute Gasteiger partial charge is 0.264 e. The molecule has 1 aromatic carbocycles. The van der Waals surface area contributed by atoms with Crippen molar-refractivity contribution in [1.29, 1.82) is 0 Å². The highest BCUT2D eigenvalue weighted by atomic mass is 79.9. The highest BCUT2D eigenvalue weighted by Crippen LogP contribution is 2.26. The molecule has 2 N–H and O–H groups in total. The second-order valence-electron chi connectivity index (χ2n) is 2.56. The minimum Gasteiger partial charge on any atom is -0.366 e. The Bertz CT molecular complexity index is 531. The Hall–Kier alpha value is -0.660. The summed E-state index contributed by atoms with van der Waals surface area (Å²) < 4.78 is 35.0. The normalized spacial score (nSPS) is 11.4. The van der Waals surface area contributed by atoms with Gasteiger partial charge in [-0.05, 0) is 28.1 Å². The molecule has 1 rings (SSSR count). The molecule has 0 saturated heterocycles. The van der Waals surface area contributed by atoms with E-state index in [1.165, 1.54) is 0 Å². The molecular formula is C7H4BrClFNO3S. The molecule has 0 unspecified atom stereocenters. The third-order valence-corrected chi connectivity index (χ3v) is 3.54. The lowest BCUT2D eigenvalue weighted by atomic mass is 10.2. The van der Waals surface area contributed by atoms with Crippen molar-refractivity contribution in [2.45, 2.75) is 4.90 Å². The summed E-state index contributed by atoms with van der Waals surface area (Å²) in [5, 5.41) is 0. The number of hydrogen-bond acceptors (Lipinski definition) is 3. The first-order chi connectivity index (χ1) is 6.73. The Morgan fingerprint density at radius 2 is 2.00 bits per heavy atom. The zero-order valence-corrected chi connectivity index (χ0v) is 10.2. The quantitative estimate of drug-likeness (QED) is 0.842. The van der Waals surface area contributed by atoms with Gasteiger partial charge in [-0.25, -0.2) is 12.8 Å². The molecule has 0 aliphatic heterocycles. The molecule has 0 fully saturated rings. The number of carbonyl (C=O) groups is 1. The first-order valence-corrected chi connectivity index (χ1v) is 6.57. The molecule has 0 bridgehead atoms. The minimum atomic E-state index is -4.24. The van der Waals surface area contributed by atoms with E-state index in [1.807, 2.05) is 0 Å². The van der Waals surface area contributed by atoms with Crippen molar-refractivity contribution in [1.82, 2.24) is 0 Å². The van der Waals surface area contributed by atoms with Gasteiger partial charge in [0.05, 0.1) is 5.56 Å². The van der Waals surface area contributed by atoms with Crippen molar-refractivity contribution in [3.63, 3.8) is 0 Å². The van der Waals surface area contributed by atoms with Crippen LogP contribution in [0.2, 0.25) is 0 Å². The Kier molecular flexibility index (Phi) is 3.37. The number of carbonyl (C=O) groups excluding carboxylic acids is 1. The van der Waals surface area contributed by atoms with E-state index in [1.54, 1.807) is 0 Å². The van der Waals surface area contributed by atoms with Crippen LogP contribution in [-0.2, 0) is 9.05 Å². The van der Waals surface area contributed by atoms with Crippen LogP contribution in [0, 0.1) is 5.82 Å². The summed E-state index contributed by atoms with van der Waals surface area (Å²) in [6.07, 6.45) is 0. The van der Waals surface area contributed by atoms with Crippen LogP contribution in [0.25, 0.3) is 0 Å². The van der Waals surface area contributed by atoms with Crippen LogP contribution in [0.3, 0.4) is 0 Å². The number of benzene rings is 1. The first kappa shape index (κ1) is 12.4. The fourth-order valence-electron chi connectivity index (χ4n) is 0.905. The zero-order valence-electron chi connectivity index (χ0n) is 7.00. The number of halogens is 3. The maximum Gasteiger partial charge on any atom is 0.264 e. The standard InChI is InChI=1S/C7H4BrClFNO3S/c8-4-2-5(10)6(15(9,13)14)1-3(4)7(11)12/h1-2H,(H2,11,12). The van der Waals surface area contributed by atoms with Crippen molar-refractivity contribution in [2.75, 3.05) is 0 Å². The van der Waals surface area contributed by atoms with Crippen molar-refractivity contribution in [2.24, 2.45) is 5.73 Å². The topological polar surface area (TPSA) is 77.2 Å². The van der Waals surface area contributed by atoms with Crippen LogP contribution >= 0.6 is 26.6 Å². The van der Waals surface area contributed by atoms with Gasteiger partial charge in [-0.2, -0.15) is 0 Å². The van der Waals surface area contributed by atoms with E-state index >= 15 is 0 Å².